The smallest absolute Gasteiger partial charge is 0.251 e. The molecule has 3 aromatic rings. The zero-order chi connectivity index (χ0) is 17.7. The van der Waals surface area contributed by atoms with E-state index in [0.717, 1.165) is 0 Å². The van der Waals surface area contributed by atoms with Gasteiger partial charge in [-0.3, -0.25) is 9.78 Å². The highest BCUT2D eigenvalue weighted by atomic mass is 16.5. The molecule has 2 heterocycles. The molecule has 0 aliphatic carbocycles. The van der Waals surface area contributed by atoms with Crippen molar-refractivity contribution in [3.05, 3.63) is 78.5 Å². The summed E-state index contributed by atoms with van der Waals surface area (Å²) in [7, 11) is 0. The van der Waals surface area contributed by atoms with Crippen LogP contribution in [0.2, 0.25) is 0 Å². The molecule has 2 aromatic heterocycles. The van der Waals surface area contributed by atoms with Crippen molar-refractivity contribution >= 4 is 5.91 Å². The van der Waals surface area contributed by atoms with Gasteiger partial charge in [-0.25, -0.2) is 0 Å². The Balaban J connectivity index is 1.65. The van der Waals surface area contributed by atoms with Gasteiger partial charge in [-0.15, -0.1) is 0 Å². The fourth-order valence-electron chi connectivity index (χ4n) is 2.27. The Labute approximate surface area is 145 Å². The van der Waals surface area contributed by atoms with Gasteiger partial charge in [0.25, 0.3) is 5.91 Å². The Hall–Kier alpha value is -3.12. The van der Waals surface area contributed by atoms with Gasteiger partial charge in [0.1, 0.15) is 22.9 Å². The highest BCUT2D eigenvalue weighted by molar-refractivity contribution is 5.94. The average Bonchev–Trinajstić information content (AvgIpc) is 3.16. The number of ether oxygens (including phenoxy) is 1. The minimum atomic E-state index is -1.29. The lowest BCUT2D eigenvalue weighted by Crippen LogP contribution is -2.38. The zero-order valence-electron chi connectivity index (χ0n) is 13.7. The number of carbonyl (C=O) groups is 1. The lowest BCUT2D eigenvalue weighted by Gasteiger charge is -2.21. The molecule has 1 amide bonds. The van der Waals surface area contributed by atoms with Crippen LogP contribution in [0.5, 0.6) is 11.5 Å². The van der Waals surface area contributed by atoms with Gasteiger partial charge in [0.05, 0.1) is 12.8 Å². The molecule has 1 atom stereocenters. The van der Waals surface area contributed by atoms with Crippen molar-refractivity contribution in [1.29, 1.82) is 0 Å². The molecule has 0 saturated carbocycles. The number of amides is 1. The predicted molar refractivity (Wildman–Crippen MR) is 91.4 cm³/mol. The van der Waals surface area contributed by atoms with Gasteiger partial charge in [-0.1, -0.05) is 6.07 Å². The maximum Gasteiger partial charge on any atom is 0.251 e. The molecule has 0 saturated heterocycles. The maximum absolute atomic E-state index is 12.3. The molecule has 6 heteroatoms. The van der Waals surface area contributed by atoms with E-state index in [1.165, 1.54) is 6.26 Å². The molecular formula is C19H18N2O4. The molecule has 0 bridgehead atoms. The number of hydrogen-bond donors (Lipinski definition) is 2. The van der Waals surface area contributed by atoms with Gasteiger partial charge in [0, 0.05) is 18.0 Å². The lowest BCUT2D eigenvalue weighted by atomic mass is 10.0. The Morgan fingerprint density at radius 3 is 2.72 bits per heavy atom. The van der Waals surface area contributed by atoms with Crippen LogP contribution in [-0.4, -0.2) is 22.5 Å². The number of nitrogens with zero attached hydrogens (tertiary/aromatic N) is 1. The van der Waals surface area contributed by atoms with Crippen LogP contribution < -0.4 is 10.1 Å². The van der Waals surface area contributed by atoms with Crippen molar-refractivity contribution in [3.8, 4) is 11.5 Å². The Kier molecular flexibility index (Phi) is 4.81. The van der Waals surface area contributed by atoms with E-state index in [1.807, 2.05) is 0 Å². The van der Waals surface area contributed by atoms with E-state index in [0.29, 0.717) is 22.8 Å². The van der Waals surface area contributed by atoms with Crippen LogP contribution in [-0.2, 0) is 5.60 Å². The normalized spacial score (nSPS) is 13.0. The van der Waals surface area contributed by atoms with Crippen LogP contribution in [0.25, 0.3) is 0 Å². The first-order chi connectivity index (χ1) is 12.0. The molecule has 0 aliphatic rings. The molecule has 2 N–H and O–H groups in total. The van der Waals surface area contributed by atoms with Crippen LogP contribution in [0.15, 0.2) is 71.6 Å². The van der Waals surface area contributed by atoms with Crippen LogP contribution >= 0.6 is 0 Å². The van der Waals surface area contributed by atoms with Gasteiger partial charge in [0.15, 0.2) is 0 Å². The van der Waals surface area contributed by atoms with E-state index in [-0.39, 0.29) is 12.5 Å². The lowest BCUT2D eigenvalue weighted by molar-refractivity contribution is 0.0330. The fourth-order valence-corrected chi connectivity index (χ4v) is 2.27. The van der Waals surface area contributed by atoms with E-state index >= 15 is 0 Å². The SMILES string of the molecule is CC(O)(CNC(=O)c1cccc(Oc2ccncc2)c1)c1ccco1. The van der Waals surface area contributed by atoms with E-state index in [4.69, 9.17) is 9.15 Å². The molecule has 3 rings (SSSR count). The van der Waals surface area contributed by atoms with Crippen LogP contribution in [0.4, 0.5) is 0 Å². The molecule has 0 spiro atoms. The van der Waals surface area contributed by atoms with Crippen molar-refractivity contribution in [1.82, 2.24) is 10.3 Å². The monoisotopic (exact) mass is 338 g/mol. The fraction of sp³-hybridized carbons (Fsp3) is 0.158. The second-order valence-corrected chi connectivity index (χ2v) is 5.75. The van der Waals surface area contributed by atoms with E-state index in [9.17, 15) is 9.90 Å². The molecule has 1 unspecified atom stereocenters. The van der Waals surface area contributed by atoms with Gasteiger partial charge >= 0.3 is 0 Å². The number of rotatable bonds is 6. The highest BCUT2D eigenvalue weighted by Crippen LogP contribution is 2.22. The minimum Gasteiger partial charge on any atom is -0.466 e. The summed E-state index contributed by atoms with van der Waals surface area (Å²) in [5, 5.41) is 13.1. The molecule has 0 aliphatic heterocycles. The van der Waals surface area contributed by atoms with Crippen LogP contribution in [0, 0.1) is 0 Å². The Morgan fingerprint density at radius 1 is 1.20 bits per heavy atom. The maximum atomic E-state index is 12.3. The summed E-state index contributed by atoms with van der Waals surface area (Å²) in [6.45, 7) is 1.60. The van der Waals surface area contributed by atoms with Crippen LogP contribution in [0.1, 0.15) is 23.0 Å². The summed E-state index contributed by atoms with van der Waals surface area (Å²) >= 11 is 0. The number of pyridine rings is 1. The topological polar surface area (TPSA) is 84.6 Å². The third kappa shape index (κ3) is 4.24. The molecule has 25 heavy (non-hydrogen) atoms. The van der Waals surface area contributed by atoms with Crippen molar-refractivity contribution < 1.29 is 19.1 Å². The molecule has 6 nitrogen and oxygen atoms in total. The van der Waals surface area contributed by atoms with E-state index in [1.54, 1.807) is 67.8 Å². The summed E-state index contributed by atoms with van der Waals surface area (Å²) in [4.78, 5) is 16.3. The van der Waals surface area contributed by atoms with Crippen molar-refractivity contribution in [3.63, 3.8) is 0 Å². The first kappa shape index (κ1) is 16.7. The number of furan rings is 1. The second kappa shape index (κ2) is 7.19. The number of hydrogen-bond acceptors (Lipinski definition) is 5. The number of carbonyl (C=O) groups excluding carboxylic acids is 1. The highest BCUT2D eigenvalue weighted by Gasteiger charge is 2.27. The molecule has 0 fully saturated rings. The minimum absolute atomic E-state index is 0.0226. The Morgan fingerprint density at radius 2 is 2.00 bits per heavy atom. The molecule has 0 radical (unpaired) electrons. The molecular weight excluding hydrogens is 320 g/mol. The third-order valence-corrected chi connectivity index (χ3v) is 3.63. The van der Waals surface area contributed by atoms with Crippen molar-refractivity contribution in [2.24, 2.45) is 0 Å². The first-order valence-corrected chi connectivity index (χ1v) is 7.77. The summed E-state index contributed by atoms with van der Waals surface area (Å²) in [6, 6.07) is 13.6. The summed E-state index contributed by atoms with van der Waals surface area (Å²) in [6.07, 6.45) is 4.73. The van der Waals surface area contributed by atoms with Gasteiger partial charge in [-0.05, 0) is 49.4 Å². The van der Waals surface area contributed by atoms with Gasteiger partial charge in [-0.2, -0.15) is 0 Å². The number of nitrogens with one attached hydrogen (secondary N) is 1. The predicted octanol–water partition coefficient (Wildman–Crippen LogP) is 3.10. The largest absolute Gasteiger partial charge is 0.466 e. The summed E-state index contributed by atoms with van der Waals surface area (Å²) in [5.74, 6) is 1.25. The average molecular weight is 338 g/mol. The van der Waals surface area contributed by atoms with E-state index < -0.39 is 5.60 Å². The van der Waals surface area contributed by atoms with Gasteiger partial charge in [0.2, 0.25) is 0 Å². The number of benzene rings is 1. The van der Waals surface area contributed by atoms with Gasteiger partial charge < -0.3 is 19.6 Å². The third-order valence-electron chi connectivity index (χ3n) is 3.63. The summed E-state index contributed by atoms with van der Waals surface area (Å²) < 4.78 is 10.9. The standard InChI is InChI=1S/C19H18N2O4/c1-19(23,17-6-3-11-24-17)13-21-18(22)14-4-2-5-16(12-14)25-15-7-9-20-10-8-15/h2-12,23H,13H2,1H3,(H,21,22). The quantitative estimate of drug-likeness (QED) is 0.721. The van der Waals surface area contributed by atoms with E-state index in [2.05, 4.69) is 10.3 Å². The first-order valence-electron chi connectivity index (χ1n) is 7.77. The summed E-state index contributed by atoms with van der Waals surface area (Å²) in [5.41, 5.74) is -0.855. The van der Waals surface area contributed by atoms with Crippen molar-refractivity contribution in [2.75, 3.05) is 6.54 Å². The molecule has 1 aromatic carbocycles. The van der Waals surface area contributed by atoms with Crippen molar-refractivity contribution in [2.45, 2.75) is 12.5 Å². The number of aliphatic hydroxyl groups is 1. The second-order valence-electron chi connectivity index (χ2n) is 5.75. The zero-order valence-corrected chi connectivity index (χ0v) is 13.7. The molecule has 128 valence electrons. The Bertz CT molecular complexity index is 830. The number of aromatic nitrogens is 1. The van der Waals surface area contributed by atoms with Crippen LogP contribution in [0.3, 0.4) is 0 Å².